The van der Waals surface area contributed by atoms with E-state index in [0.717, 1.165) is 11.1 Å². The molecular formula is C19H23LiO4P. The number of carbonyl (C=O) groups is 1. The van der Waals surface area contributed by atoms with E-state index < -0.39 is 0 Å². The molecule has 4 nitrogen and oxygen atoms in total. The molecule has 1 unspecified atom stereocenters. The molecule has 0 aliphatic heterocycles. The SMILES string of the molecule is COc1cccc(OC)c1C(=O)Pc1ccc(OCC(C)C)cc1.[Li]. The van der Waals surface area contributed by atoms with E-state index in [2.05, 4.69) is 13.8 Å². The van der Waals surface area contributed by atoms with Crippen molar-refractivity contribution < 1.29 is 19.0 Å². The van der Waals surface area contributed by atoms with Gasteiger partial charge >= 0.3 is 0 Å². The first kappa shape index (κ1) is 21.6. The number of methoxy groups -OCH3 is 2. The van der Waals surface area contributed by atoms with E-state index in [1.807, 2.05) is 24.3 Å². The Bertz CT molecular complexity index is 664. The van der Waals surface area contributed by atoms with Crippen LogP contribution in [0.1, 0.15) is 24.2 Å². The second-order valence-electron chi connectivity index (χ2n) is 5.72. The van der Waals surface area contributed by atoms with E-state index in [4.69, 9.17) is 14.2 Å². The Morgan fingerprint density at radius 3 is 2.04 bits per heavy atom. The maximum Gasteiger partial charge on any atom is 0.193 e. The summed E-state index contributed by atoms with van der Waals surface area (Å²) in [5, 5.41) is 0.949. The number of hydrogen-bond acceptors (Lipinski definition) is 4. The number of hydrogen-bond donors (Lipinski definition) is 0. The fraction of sp³-hybridized carbons (Fsp3) is 0.316. The van der Waals surface area contributed by atoms with Gasteiger partial charge in [0.2, 0.25) is 0 Å². The van der Waals surface area contributed by atoms with Gasteiger partial charge in [-0.3, -0.25) is 4.79 Å². The molecule has 0 bridgehead atoms. The van der Waals surface area contributed by atoms with E-state index in [0.29, 0.717) is 29.6 Å². The van der Waals surface area contributed by atoms with Gasteiger partial charge in [0.25, 0.3) is 0 Å². The number of rotatable bonds is 8. The van der Waals surface area contributed by atoms with Gasteiger partial charge < -0.3 is 14.2 Å². The van der Waals surface area contributed by atoms with Crippen LogP contribution < -0.4 is 19.5 Å². The molecule has 0 aliphatic rings. The predicted octanol–water partition coefficient (Wildman–Crippen LogP) is 3.50. The van der Waals surface area contributed by atoms with E-state index >= 15 is 0 Å². The average Bonchev–Trinajstić information content (AvgIpc) is 2.60. The minimum atomic E-state index is -0.0138. The van der Waals surface area contributed by atoms with E-state index in [1.54, 1.807) is 32.4 Å². The third kappa shape index (κ3) is 6.08. The van der Waals surface area contributed by atoms with E-state index in [-0.39, 0.29) is 33.0 Å². The molecule has 0 aromatic heterocycles. The quantitative estimate of drug-likeness (QED) is 0.538. The van der Waals surface area contributed by atoms with Crippen molar-refractivity contribution in [1.82, 2.24) is 0 Å². The van der Waals surface area contributed by atoms with Crippen molar-refractivity contribution in [3.63, 3.8) is 0 Å². The summed E-state index contributed by atoms with van der Waals surface area (Å²) >= 11 is 0. The van der Waals surface area contributed by atoms with Gasteiger partial charge in [0.05, 0.1) is 20.8 Å². The molecule has 129 valence electrons. The molecule has 6 heteroatoms. The van der Waals surface area contributed by atoms with Crippen LogP contribution in [0.4, 0.5) is 0 Å². The molecular weight excluding hydrogens is 330 g/mol. The fourth-order valence-corrected chi connectivity index (χ4v) is 3.13. The molecule has 0 amide bonds. The van der Waals surface area contributed by atoms with Crippen molar-refractivity contribution in [3.8, 4) is 17.2 Å². The smallest absolute Gasteiger partial charge is 0.193 e. The van der Waals surface area contributed by atoms with Crippen LogP contribution in [0, 0.1) is 5.92 Å². The van der Waals surface area contributed by atoms with Crippen LogP contribution in [0.5, 0.6) is 17.2 Å². The summed E-state index contributed by atoms with van der Waals surface area (Å²) in [5.41, 5.74) is 0.473. The maximum atomic E-state index is 12.7. The van der Waals surface area contributed by atoms with Gasteiger partial charge in [-0.2, -0.15) is 0 Å². The molecule has 2 rings (SSSR count). The normalized spacial score (nSPS) is 10.6. The molecule has 0 saturated carbocycles. The van der Waals surface area contributed by atoms with Crippen molar-refractivity contribution in [2.75, 3.05) is 20.8 Å². The van der Waals surface area contributed by atoms with Crippen LogP contribution in [0.15, 0.2) is 42.5 Å². The first-order chi connectivity index (χ1) is 11.5. The van der Waals surface area contributed by atoms with Crippen molar-refractivity contribution in [2.24, 2.45) is 5.92 Å². The summed E-state index contributed by atoms with van der Waals surface area (Å²) < 4.78 is 16.3. The topological polar surface area (TPSA) is 44.8 Å². The summed E-state index contributed by atoms with van der Waals surface area (Å²) in [6.07, 6.45) is 0. The molecule has 1 radical (unpaired) electrons. The Labute approximate surface area is 163 Å². The van der Waals surface area contributed by atoms with Gasteiger partial charge in [-0.1, -0.05) is 32.0 Å². The van der Waals surface area contributed by atoms with Crippen LogP contribution in [-0.4, -0.2) is 45.2 Å². The Morgan fingerprint density at radius 2 is 1.56 bits per heavy atom. The van der Waals surface area contributed by atoms with Gasteiger partial charge in [0, 0.05) is 18.9 Å². The van der Waals surface area contributed by atoms with Crippen molar-refractivity contribution in [3.05, 3.63) is 48.0 Å². The van der Waals surface area contributed by atoms with Crippen LogP contribution in [0.3, 0.4) is 0 Å². The third-order valence-electron chi connectivity index (χ3n) is 3.35. The zero-order chi connectivity index (χ0) is 17.5. The predicted molar refractivity (Wildman–Crippen MR) is 104 cm³/mol. The monoisotopic (exact) mass is 353 g/mol. The number of benzene rings is 2. The molecule has 2 aromatic rings. The molecule has 2 aromatic carbocycles. The van der Waals surface area contributed by atoms with Crippen LogP contribution in [0.25, 0.3) is 0 Å². The first-order valence-corrected chi connectivity index (χ1v) is 8.80. The van der Waals surface area contributed by atoms with Gasteiger partial charge in [-0.05, 0) is 44.1 Å². The zero-order valence-electron chi connectivity index (χ0n) is 15.5. The zero-order valence-corrected chi connectivity index (χ0v) is 16.5. The van der Waals surface area contributed by atoms with Crippen LogP contribution in [-0.2, 0) is 0 Å². The third-order valence-corrected chi connectivity index (χ3v) is 4.45. The second kappa shape index (κ2) is 10.5. The Hall–Kier alpha value is -1.46. The second-order valence-corrected chi connectivity index (χ2v) is 7.00. The molecule has 0 N–H and O–H groups in total. The molecule has 0 spiro atoms. The molecule has 0 fully saturated rings. The average molecular weight is 353 g/mol. The number of ether oxygens (including phenoxy) is 3. The van der Waals surface area contributed by atoms with Gasteiger partial charge in [-0.15, -0.1) is 0 Å². The standard InChI is InChI=1S/C19H23O4P.Li/c1-13(2)12-23-14-8-10-15(11-9-14)24-19(20)18-16(21-3)6-5-7-17(18)22-4;/h5-11,13,24H,12H2,1-4H3;. The van der Waals surface area contributed by atoms with Crippen LogP contribution in [0.2, 0.25) is 0 Å². The van der Waals surface area contributed by atoms with E-state index in [1.165, 1.54) is 0 Å². The summed E-state index contributed by atoms with van der Waals surface area (Å²) in [6.45, 7) is 4.89. The van der Waals surface area contributed by atoms with E-state index in [9.17, 15) is 4.79 Å². The number of carbonyl (C=O) groups excluding carboxylic acids is 1. The molecule has 0 aliphatic carbocycles. The van der Waals surface area contributed by atoms with Crippen molar-refractivity contribution in [2.45, 2.75) is 13.8 Å². The summed E-state index contributed by atoms with van der Waals surface area (Å²) in [7, 11) is 3.10. The summed E-state index contributed by atoms with van der Waals surface area (Å²) in [4.78, 5) is 12.7. The Morgan fingerprint density at radius 1 is 1.00 bits per heavy atom. The van der Waals surface area contributed by atoms with Gasteiger partial charge in [-0.25, -0.2) is 0 Å². The fourth-order valence-electron chi connectivity index (χ4n) is 2.17. The molecule has 0 heterocycles. The summed E-state index contributed by atoms with van der Waals surface area (Å²) in [6, 6.07) is 13.0. The molecule has 1 atom stereocenters. The molecule has 0 saturated heterocycles. The van der Waals surface area contributed by atoms with Crippen LogP contribution >= 0.6 is 8.58 Å². The largest absolute Gasteiger partial charge is 0.496 e. The van der Waals surface area contributed by atoms with Crippen molar-refractivity contribution >= 4 is 38.3 Å². The van der Waals surface area contributed by atoms with Crippen molar-refractivity contribution in [1.29, 1.82) is 0 Å². The maximum absolute atomic E-state index is 12.7. The minimum absolute atomic E-state index is 0. The summed E-state index contributed by atoms with van der Waals surface area (Å²) in [5.74, 6) is 2.36. The first-order valence-electron chi connectivity index (χ1n) is 7.80. The Balaban J connectivity index is 0.00000312. The van der Waals surface area contributed by atoms with Gasteiger partial charge in [0.1, 0.15) is 22.8 Å². The minimum Gasteiger partial charge on any atom is -0.496 e. The van der Waals surface area contributed by atoms with Gasteiger partial charge in [0.15, 0.2) is 5.52 Å². The Kier molecular flexibility index (Phi) is 9.07. The molecule has 25 heavy (non-hydrogen) atoms.